The van der Waals surface area contributed by atoms with Gasteiger partial charge in [-0.15, -0.1) is 10.2 Å². The third kappa shape index (κ3) is 4.30. The fraction of sp³-hybridized carbons (Fsp3) is 0.438. The minimum absolute atomic E-state index is 0.0177. The molecule has 3 rings (SSSR count). The van der Waals surface area contributed by atoms with Gasteiger partial charge in [-0.2, -0.15) is 0 Å². The van der Waals surface area contributed by atoms with Crippen LogP contribution < -0.4 is 15.5 Å². The molecule has 1 unspecified atom stereocenters. The lowest BCUT2D eigenvalue weighted by atomic mass is 9.97. The Balaban J connectivity index is 1.63. The molecular weight excluding hydrogens is 340 g/mol. The smallest absolute Gasteiger partial charge is 0.259 e. The van der Waals surface area contributed by atoms with Crippen LogP contribution in [-0.2, 0) is 4.79 Å². The third-order valence-electron chi connectivity index (χ3n) is 4.06. The van der Waals surface area contributed by atoms with Crippen LogP contribution in [0.15, 0.2) is 23.8 Å². The lowest BCUT2D eigenvalue weighted by Gasteiger charge is -2.32. The topological polar surface area (TPSA) is 100 Å². The summed E-state index contributed by atoms with van der Waals surface area (Å²) in [7, 11) is 0. The summed E-state index contributed by atoms with van der Waals surface area (Å²) in [6, 6.07) is 3.55. The minimum Gasteiger partial charge on any atom is -0.356 e. The monoisotopic (exact) mass is 360 g/mol. The molecule has 25 heavy (non-hydrogen) atoms. The Hall–Kier alpha value is -2.55. The molecule has 3 heterocycles. The van der Waals surface area contributed by atoms with Crippen molar-refractivity contribution in [3.8, 4) is 0 Å². The van der Waals surface area contributed by atoms with Gasteiger partial charge in [-0.25, -0.2) is 4.98 Å². The molecule has 9 heteroatoms. The predicted octanol–water partition coefficient (Wildman–Crippen LogP) is 1.54. The van der Waals surface area contributed by atoms with E-state index in [4.69, 9.17) is 0 Å². The van der Waals surface area contributed by atoms with Gasteiger partial charge in [0.25, 0.3) is 5.91 Å². The summed E-state index contributed by atoms with van der Waals surface area (Å²) in [4.78, 5) is 30.7. The summed E-state index contributed by atoms with van der Waals surface area (Å²) in [6.45, 7) is 4.08. The molecule has 1 aliphatic rings. The van der Waals surface area contributed by atoms with Crippen molar-refractivity contribution in [2.75, 3.05) is 29.9 Å². The molecule has 1 saturated heterocycles. The molecule has 0 saturated carbocycles. The number of carbonyl (C=O) groups excluding carboxylic acids is 2. The molecule has 0 radical (unpaired) electrons. The second kappa shape index (κ2) is 8.02. The van der Waals surface area contributed by atoms with Crippen LogP contribution in [0.2, 0.25) is 0 Å². The minimum atomic E-state index is -0.269. The number of piperidine rings is 1. The van der Waals surface area contributed by atoms with Gasteiger partial charge in [-0.3, -0.25) is 14.9 Å². The number of nitrogens with zero attached hydrogens (tertiary/aromatic N) is 4. The number of hydrogen-bond donors (Lipinski definition) is 2. The van der Waals surface area contributed by atoms with Gasteiger partial charge < -0.3 is 10.2 Å². The second-order valence-electron chi connectivity index (χ2n) is 5.78. The predicted molar refractivity (Wildman–Crippen MR) is 95.7 cm³/mol. The van der Waals surface area contributed by atoms with Crippen LogP contribution in [0.25, 0.3) is 0 Å². The lowest BCUT2D eigenvalue weighted by Crippen LogP contribution is -2.43. The van der Waals surface area contributed by atoms with E-state index in [0.717, 1.165) is 25.2 Å². The van der Waals surface area contributed by atoms with Crippen LogP contribution in [0.4, 0.5) is 10.9 Å². The molecule has 1 aliphatic heterocycles. The fourth-order valence-corrected chi connectivity index (χ4v) is 3.26. The first-order valence-corrected chi connectivity index (χ1v) is 9.11. The number of carbonyl (C=O) groups is 2. The Morgan fingerprint density at radius 3 is 2.96 bits per heavy atom. The van der Waals surface area contributed by atoms with E-state index < -0.39 is 0 Å². The van der Waals surface area contributed by atoms with Crippen LogP contribution in [-0.4, -0.2) is 46.6 Å². The SMILES string of the molecule is CCNC(=O)C1CCCN(c2ccc(C(=O)Nc3nncs3)cn2)C1. The standard InChI is InChI=1S/C16H20N6O2S/c1-2-17-14(23)12-4-3-7-22(9-12)13-6-5-11(8-18-13)15(24)20-16-21-19-10-25-16/h5-6,8,10,12H,2-4,7,9H2,1H3,(H,17,23)(H,20,21,24). The Morgan fingerprint density at radius 1 is 1.40 bits per heavy atom. The van der Waals surface area contributed by atoms with Gasteiger partial charge in [-0.1, -0.05) is 11.3 Å². The normalized spacial score (nSPS) is 17.2. The Bertz CT molecular complexity index is 719. The lowest BCUT2D eigenvalue weighted by molar-refractivity contribution is -0.125. The van der Waals surface area contributed by atoms with Gasteiger partial charge in [0.15, 0.2) is 0 Å². The van der Waals surface area contributed by atoms with Crippen molar-refractivity contribution in [3.63, 3.8) is 0 Å². The summed E-state index contributed by atoms with van der Waals surface area (Å²) >= 11 is 1.26. The van der Waals surface area contributed by atoms with Crippen LogP contribution in [0, 0.1) is 5.92 Å². The Kier molecular flexibility index (Phi) is 5.54. The summed E-state index contributed by atoms with van der Waals surface area (Å²) in [5.74, 6) is 0.590. The van der Waals surface area contributed by atoms with Gasteiger partial charge in [0, 0.05) is 25.8 Å². The molecule has 2 amide bonds. The molecule has 8 nitrogen and oxygen atoms in total. The maximum absolute atomic E-state index is 12.1. The molecule has 2 N–H and O–H groups in total. The average Bonchev–Trinajstić information content (AvgIpc) is 3.15. The van der Waals surface area contributed by atoms with Crippen LogP contribution in [0.5, 0.6) is 0 Å². The van der Waals surface area contributed by atoms with E-state index in [9.17, 15) is 9.59 Å². The van der Waals surface area contributed by atoms with Gasteiger partial charge in [0.05, 0.1) is 11.5 Å². The number of rotatable bonds is 5. The zero-order valence-corrected chi connectivity index (χ0v) is 14.8. The zero-order chi connectivity index (χ0) is 17.6. The molecule has 1 fully saturated rings. The van der Waals surface area contributed by atoms with Crippen LogP contribution >= 0.6 is 11.3 Å². The van der Waals surface area contributed by atoms with Gasteiger partial charge in [-0.05, 0) is 31.9 Å². The summed E-state index contributed by atoms with van der Waals surface area (Å²) < 4.78 is 0. The molecular formula is C16H20N6O2S. The van der Waals surface area contributed by atoms with E-state index in [1.165, 1.54) is 11.3 Å². The molecule has 2 aromatic rings. The Labute approximate surface area is 149 Å². The average molecular weight is 360 g/mol. The van der Waals surface area contributed by atoms with Crippen molar-refractivity contribution in [1.29, 1.82) is 0 Å². The first-order valence-electron chi connectivity index (χ1n) is 8.23. The van der Waals surface area contributed by atoms with Gasteiger partial charge >= 0.3 is 0 Å². The molecule has 0 spiro atoms. The van der Waals surface area contributed by atoms with Crippen molar-refractivity contribution in [2.24, 2.45) is 5.92 Å². The zero-order valence-electron chi connectivity index (χ0n) is 13.9. The molecule has 0 aliphatic carbocycles. The van der Waals surface area contributed by atoms with Crippen molar-refractivity contribution in [3.05, 3.63) is 29.4 Å². The van der Waals surface area contributed by atoms with Gasteiger partial charge in [0.2, 0.25) is 11.0 Å². The summed E-state index contributed by atoms with van der Waals surface area (Å²) in [5, 5.41) is 13.5. The van der Waals surface area contributed by atoms with Crippen molar-refractivity contribution < 1.29 is 9.59 Å². The maximum Gasteiger partial charge on any atom is 0.259 e. The first-order chi connectivity index (χ1) is 12.2. The number of nitrogens with one attached hydrogen (secondary N) is 2. The number of hydrogen-bond acceptors (Lipinski definition) is 7. The van der Waals surface area contributed by atoms with E-state index in [-0.39, 0.29) is 17.7 Å². The summed E-state index contributed by atoms with van der Waals surface area (Å²) in [5.41, 5.74) is 2.01. The third-order valence-corrected chi connectivity index (χ3v) is 4.66. The molecule has 0 bridgehead atoms. The highest BCUT2D eigenvalue weighted by Gasteiger charge is 2.26. The molecule has 0 aromatic carbocycles. The van der Waals surface area contributed by atoms with E-state index in [0.29, 0.717) is 23.8 Å². The largest absolute Gasteiger partial charge is 0.356 e. The van der Waals surface area contributed by atoms with E-state index in [1.54, 1.807) is 17.8 Å². The van der Waals surface area contributed by atoms with Crippen molar-refractivity contribution >= 4 is 34.1 Å². The molecule has 1 atom stereocenters. The first kappa shape index (κ1) is 17.3. The fourth-order valence-electron chi connectivity index (χ4n) is 2.82. The second-order valence-corrected chi connectivity index (χ2v) is 6.62. The molecule has 2 aromatic heterocycles. The quantitative estimate of drug-likeness (QED) is 0.839. The number of anilines is 2. The number of pyridine rings is 1. The highest BCUT2D eigenvalue weighted by Crippen LogP contribution is 2.22. The van der Waals surface area contributed by atoms with Gasteiger partial charge in [0.1, 0.15) is 11.3 Å². The molecule has 132 valence electrons. The highest BCUT2D eigenvalue weighted by molar-refractivity contribution is 7.13. The number of amides is 2. The highest BCUT2D eigenvalue weighted by atomic mass is 32.1. The maximum atomic E-state index is 12.1. The van der Waals surface area contributed by atoms with E-state index in [2.05, 4.69) is 30.7 Å². The van der Waals surface area contributed by atoms with Crippen molar-refractivity contribution in [1.82, 2.24) is 20.5 Å². The van der Waals surface area contributed by atoms with E-state index >= 15 is 0 Å². The van der Waals surface area contributed by atoms with E-state index in [1.807, 2.05) is 13.0 Å². The van der Waals surface area contributed by atoms with Crippen LogP contribution in [0.1, 0.15) is 30.1 Å². The van der Waals surface area contributed by atoms with Crippen LogP contribution in [0.3, 0.4) is 0 Å². The summed E-state index contributed by atoms with van der Waals surface area (Å²) in [6.07, 6.45) is 3.38. The number of aromatic nitrogens is 3. The van der Waals surface area contributed by atoms with Crippen molar-refractivity contribution in [2.45, 2.75) is 19.8 Å². The Morgan fingerprint density at radius 2 is 2.28 bits per heavy atom.